The molecule has 1 heterocycles. The Morgan fingerprint density at radius 2 is 1.62 bits per heavy atom. The number of aliphatic imine (C=N–C) groups is 1. The third-order valence-corrected chi connectivity index (χ3v) is 8.89. The van der Waals surface area contributed by atoms with Gasteiger partial charge in [0, 0.05) is 30.6 Å². The summed E-state index contributed by atoms with van der Waals surface area (Å²) in [6.45, 7) is 2.24. The van der Waals surface area contributed by atoms with Gasteiger partial charge in [0.05, 0.1) is 40.6 Å². The number of H-pyrrole nitrogens is 1. The number of esters is 1. The van der Waals surface area contributed by atoms with E-state index in [0.717, 1.165) is 9.87 Å². The lowest BCUT2D eigenvalue weighted by molar-refractivity contribution is -0.127. The quantitative estimate of drug-likeness (QED) is 0.165. The van der Waals surface area contributed by atoms with Crippen molar-refractivity contribution in [1.82, 2.24) is 14.8 Å². The average molecular weight is 634 g/mol. The number of benzene rings is 3. The standard InChI is InChI=1S/C33H39N5O6S/c1-6-44-33(41)24-13-18-27-28(21-24)35-32(40)30(27)31(23-11-8-7-9-12-23)34-25-14-16-26(17-15-25)38(22-29(39)37(4)5)45(42,43)20-10-19-36(2)3/h7-9,11-18,21,35,40H,6,10,19-20,22H2,1-5H3. The van der Waals surface area contributed by atoms with E-state index in [2.05, 4.69) is 4.98 Å². The number of aromatic amines is 1. The number of nitrogens with one attached hydrogen (secondary N) is 1. The molecular weight excluding hydrogens is 594 g/mol. The van der Waals surface area contributed by atoms with Gasteiger partial charge in [-0.2, -0.15) is 0 Å². The second-order valence-corrected chi connectivity index (χ2v) is 13.0. The van der Waals surface area contributed by atoms with Crippen molar-refractivity contribution in [3.63, 3.8) is 0 Å². The van der Waals surface area contributed by atoms with Crippen LogP contribution in [-0.4, -0.2) is 99.5 Å². The van der Waals surface area contributed by atoms with Crippen molar-refractivity contribution in [2.75, 3.05) is 57.9 Å². The lowest BCUT2D eigenvalue weighted by atomic mass is 10.00. The van der Waals surface area contributed by atoms with Crippen molar-refractivity contribution < 1.29 is 27.9 Å². The van der Waals surface area contributed by atoms with Gasteiger partial charge in [-0.15, -0.1) is 0 Å². The topological polar surface area (TPSA) is 136 Å². The molecule has 0 aliphatic rings. The molecule has 0 radical (unpaired) electrons. The van der Waals surface area contributed by atoms with E-state index in [1.807, 2.05) is 49.3 Å². The van der Waals surface area contributed by atoms with Crippen molar-refractivity contribution >= 4 is 49.9 Å². The van der Waals surface area contributed by atoms with Gasteiger partial charge in [0.2, 0.25) is 15.9 Å². The number of sulfonamides is 1. The van der Waals surface area contributed by atoms with Crippen molar-refractivity contribution in [3.8, 4) is 5.88 Å². The maximum atomic E-state index is 13.4. The monoisotopic (exact) mass is 633 g/mol. The number of carbonyl (C=O) groups is 2. The molecule has 0 saturated carbocycles. The first kappa shape index (κ1) is 33.2. The lowest BCUT2D eigenvalue weighted by Gasteiger charge is -2.25. The summed E-state index contributed by atoms with van der Waals surface area (Å²) in [4.78, 5) is 36.0. The molecule has 3 aromatic carbocycles. The Morgan fingerprint density at radius 3 is 2.24 bits per heavy atom. The minimum atomic E-state index is -3.80. The SMILES string of the molecule is CCOC(=O)c1ccc2c(C(=Nc3ccc(N(CC(=O)N(C)C)S(=O)(=O)CCCN(C)C)cc3)c3ccccc3)c(O)[nH]c2c1. The number of amides is 1. The molecule has 0 spiro atoms. The molecule has 4 aromatic rings. The molecule has 0 fully saturated rings. The van der Waals surface area contributed by atoms with E-state index < -0.39 is 16.0 Å². The zero-order valence-electron chi connectivity index (χ0n) is 26.1. The zero-order valence-corrected chi connectivity index (χ0v) is 27.0. The summed E-state index contributed by atoms with van der Waals surface area (Å²) in [5, 5.41) is 11.7. The van der Waals surface area contributed by atoms with Gasteiger partial charge in [0.1, 0.15) is 6.54 Å². The Hall–Kier alpha value is -4.68. The highest BCUT2D eigenvalue weighted by Crippen LogP contribution is 2.33. The summed E-state index contributed by atoms with van der Waals surface area (Å²) < 4.78 is 33.0. The minimum absolute atomic E-state index is 0.109. The minimum Gasteiger partial charge on any atom is -0.494 e. The maximum Gasteiger partial charge on any atom is 0.338 e. The van der Waals surface area contributed by atoms with Gasteiger partial charge < -0.3 is 24.6 Å². The van der Waals surface area contributed by atoms with E-state index in [4.69, 9.17) is 9.73 Å². The van der Waals surface area contributed by atoms with Crippen LogP contribution in [0.4, 0.5) is 11.4 Å². The van der Waals surface area contributed by atoms with Crippen LogP contribution in [0.2, 0.25) is 0 Å². The highest BCUT2D eigenvalue weighted by molar-refractivity contribution is 7.92. The molecular formula is C33H39N5O6S. The number of aromatic nitrogens is 1. The molecule has 238 valence electrons. The molecule has 4 rings (SSSR count). The number of aromatic hydroxyl groups is 1. The van der Waals surface area contributed by atoms with Crippen LogP contribution < -0.4 is 4.31 Å². The van der Waals surface area contributed by atoms with Crippen LogP contribution >= 0.6 is 0 Å². The Balaban J connectivity index is 1.76. The fourth-order valence-corrected chi connectivity index (χ4v) is 6.20. The van der Waals surface area contributed by atoms with E-state index in [0.29, 0.717) is 52.1 Å². The van der Waals surface area contributed by atoms with Crippen LogP contribution in [0.3, 0.4) is 0 Å². The van der Waals surface area contributed by atoms with Crippen LogP contribution in [0.25, 0.3) is 10.9 Å². The molecule has 12 heteroatoms. The van der Waals surface area contributed by atoms with Gasteiger partial charge >= 0.3 is 5.97 Å². The third-order valence-electron chi connectivity index (χ3n) is 7.07. The Labute approximate surface area is 263 Å². The molecule has 0 atom stereocenters. The van der Waals surface area contributed by atoms with Crippen LogP contribution in [0, 0.1) is 0 Å². The second-order valence-electron chi connectivity index (χ2n) is 10.9. The molecule has 45 heavy (non-hydrogen) atoms. The van der Waals surface area contributed by atoms with Crippen molar-refractivity contribution in [3.05, 3.63) is 89.5 Å². The normalized spacial score (nSPS) is 12.0. The van der Waals surface area contributed by atoms with Gasteiger partial charge in [0.15, 0.2) is 5.88 Å². The molecule has 1 amide bonds. The van der Waals surface area contributed by atoms with Crippen molar-refractivity contribution in [2.45, 2.75) is 13.3 Å². The van der Waals surface area contributed by atoms with Crippen LogP contribution in [-0.2, 0) is 19.6 Å². The summed E-state index contributed by atoms with van der Waals surface area (Å²) in [6, 6.07) is 20.9. The third kappa shape index (κ3) is 8.08. The summed E-state index contributed by atoms with van der Waals surface area (Å²) in [7, 11) is 3.11. The number of carbonyl (C=O) groups excluding carboxylic acids is 2. The number of nitrogens with zero attached hydrogens (tertiary/aromatic N) is 4. The number of fused-ring (bicyclic) bond motifs is 1. The highest BCUT2D eigenvalue weighted by Gasteiger charge is 2.26. The smallest absolute Gasteiger partial charge is 0.338 e. The van der Waals surface area contributed by atoms with Crippen molar-refractivity contribution in [1.29, 1.82) is 0 Å². The van der Waals surface area contributed by atoms with E-state index in [9.17, 15) is 23.1 Å². The summed E-state index contributed by atoms with van der Waals surface area (Å²) in [5.41, 5.74) is 3.36. The maximum absolute atomic E-state index is 13.4. The molecule has 0 aliphatic carbocycles. The largest absolute Gasteiger partial charge is 0.494 e. The number of hydrogen-bond acceptors (Lipinski definition) is 8. The van der Waals surface area contributed by atoms with E-state index >= 15 is 0 Å². The summed E-state index contributed by atoms with van der Waals surface area (Å²) in [5.74, 6) is -1.04. The number of rotatable bonds is 13. The molecule has 0 bridgehead atoms. The fraction of sp³-hybridized carbons (Fsp3) is 0.303. The van der Waals surface area contributed by atoms with Gasteiger partial charge in [-0.1, -0.05) is 36.4 Å². The Kier molecular flexibility index (Phi) is 10.6. The second kappa shape index (κ2) is 14.4. The van der Waals surface area contributed by atoms with Gasteiger partial charge in [0.25, 0.3) is 0 Å². The Bertz CT molecular complexity index is 1780. The number of anilines is 1. The van der Waals surface area contributed by atoms with Crippen molar-refractivity contribution in [2.24, 2.45) is 4.99 Å². The first-order valence-corrected chi connectivity index (χ1v) is 16.1. The van der Waals surface area contributed by atoms with E-state index in [1.165, 1.54) is 4.90 Å². The number of likely N-dealkylation sites (N-methyl/N-ethyl adjacent to an activating group) is 1. The molecule has 11 nitrogen and oxygen atoms in total. The van der Waals surface area contributed by atoms with Gasteiger partial charge in [-0.3, -0.25) is 9.10 Å². The summed E-state index contributed by atoms with van der Waals surface area (Å²) >= 11 is 0. The number of ether oxygens (including phenoxy) is 1. The molecule has 0 saturated heterocycles. The van der Waals surface area contributed by atoms with Crippen LogP contribution in [0.1, 0.15) is 34.8 Å². The first-order valence-electron chi connectivity index (χ1n) is 14.5. The highest BCUT2D eigenvalue weighted by atomic mass is 32.2. The molecule has 0 unspecified atom stereocenters. The summed E-state index contributed by atoms with van der Waals surface area (Å²) in [6.07, 6.45) is 0.417. The van der Waals surface area contributed by atoms with Crippen LogP contribution in [0.15, 0.2) is 77.8 Å². The van der Waals surface area contributed by atoms with E-state index in [1.54, 1.807) is 63.5 Å². The molecule has 0 aliphatic heterocycles. The predicted octanol–water partition coefficient (Wildman–Crippen LogP) is 4.40. The van der Waals surface area contributed by atoms with Gasteiger partial charge in [-0.05, 0) is 70.4 Å². The first-order chi connectivity index (χ1) is 21.4. The lowest BCUT2D eigenvalue weighted by Crippen LogP contribution is -2.41. The van der Waals surface area contributed by atoms with Crippen LogP contribution in [0.5, 0.6) is 5.88 Å². The Morgan fingerprint density at radius 1 is 0.933 bits per heavy atom. The fourth-order valence-electron chi connectivity index (χ4n) is 4.74. The van der Waals surface area contributed by atoms with E-state index in [-0.39, 0.29) is 30.7 Å². The number of hydrogen-bond donors (Lipinski definition) is 2. The van der Waals surface area contributed by atoms with Gasteiger partial charge in [-0.25, -0.2) is 18.2 Å². The zero-order chi connectivity index (χ0) is 32.7. The predicted molar refractivity (Wildman–Crippen MR) is 177 cm³/mol. The molecule has 1 aromatic heterocycles. The molecule has 2 N–H and O–H groups in total. The average Bonchev–Trinajstić information content (AvgIpc) is 3.33.